The van der Waals surface area contributed by atoms with Gasteiger partial charge >= 0.3 is 0 Å². The Balaban J connectivity index is 3.52. The van der Waals surface area contributed by atoms with Crippen molar-refractivity contribution < 1.29 is 0 Å². The second-order valence-electron chi connectivity index (χ2n) is 6.23. The Kier molecular flexibility index (Phi) is 18.1. The summed E-state index contributed by atoms with van der Waals surface area (Å²) >= 11 is 0. The summed E-state index contributed by atoms with van der Waals surface area (Å²) in [4.78, 5) is 0. The van der Waals surface area contributed by atoms with Crippen LogP contribution in [-0.4, -0.2) is 13.1 Å². The number of allylic oxidation sites excluding steroid dienone is 8. The van der Waals surface area contributed by atoms with Crippen LogP contribution in [-0.2, 0) is 0 Å². The van der Waals surface area contributed by atoms with Crippen LogP contribution >= 0.6 is 0 Å². The molecule has 1 N–H and O–H groups in total. The molecule has 0 aromatic heterocycles. The van der Waals surface area contributed by atoms with Crippen molar-refractivity contribution in [3.63, 3.8) is 0 Å². The number of nitrogens with one attached hydrogen (secondary N) is 1. The molecule has 132 valence electrons. The first kappa shape index (κ1) is 21.9. The minimum absolute atomic E-state index is 0.644. The fourth-order valence-corrected chi connectivity index (χ4v) is 2.26. The van der Waals surface area contributed by atoms with Gasteiger partial charge in [0.15, 0.2) is 0 Å². The SMILES string of the molecule is CC/C=C\CC/C=C/C=C\C=C\C(C)CCNCCCCCC. The molecule has 0 aliphatic heterocycles. The van der Waals surface area contributed by atoms with Crippen LogP contribution in [0.1, 0.15) is 72.1 Å². The zero-order chi connectivity index (χ0) is 17.0. The summed E-state index contributed by atoms with van der Waals surface area (Å²) in [7, 11) is 0. The van der Waals surface area contributed by atoms with Gasteiger partial charge in [-0.15, -0.1) is 0 Å². The van der Waals surface area contributed by atoms with E-state index in [0.29, 0.717) is 5.92 Å². The lowest BCUT2D eigenvalue weighted by Gasteiger charge is -2.07. The van der Waals surface area contributed by atoms with Gasteiger partial charge in [0.1, 0.15) is 0 Å². The van der Waals surface area contributed by atoms with Crippen LogP contribution in [0.4, 0.5) is 0 Å². The van der Waals surface area contributed by atoms with Crippen molar-refractivity contribution >= 4 is 0 Å². The Bertz CT molecular complexity index is 336. The van der Waals surface area contributed by atoms with Crippen LogP contribution in [0.25, 0.3) is 0 Å². The minimum atomic E-state index is 0.644. The molecule has 0 spiro atoms. The molecular formula is C22H39N. The van der Waals surface area contributed by atoms with Gasteiger partial charge in [0.2, 0.25) is 0 Å². The summed E-state index contributed by atoms with van der Waals surface area (Å²) in [5, 5.41) is 3.55. The molecule has 0 saturated heterocycles. The second kappa shape index (κ2) is 19.0. The zero-order valence-electron chi connectivity index (χ0n) is 15.8. The molecule has 0 amide bonds. The quantitative estimate of drug-likeness (QED) is 0.204. The maximum atomic E-state index is 3.55. The van der Waals surface area contributed by atoms with Crippen molar-refractivity contribution in [3.8, 4) is 0 Å². The van der Waals surface area contributed by atoms with Gasteiger partial charge in [-0.1, -0.05) is 88.6 Å². The fourth-order valence-electron chi connectivity index (χ4n) is 2.26. The van der Waals surface area contributed by atoms with E-state index in [-0.39, 0.29) is 0 Å². The lowest BCUT2D eigenvalue weighted by molar-refractivity contribution is 0.549. The molecule has 0 rings (SSSR count). The van der Waals surface area contributed by atoms with Gasteiger partial charge in [-0.05, 0) is 51.1 Å². The van der Waals surface area contributed by atoms with E-state index in [0.717, 1.165) is 25.8 Å². The van der Waals surface area contributed by atoms with Crippen LogP contribution in [0, 0.1) is 5.92 Å². The molecule has 0 bridgehead atoms. The normalized spacial score (nSPS) is 14.0. The summed E-state index contributed by atoms with van der Waals surface area (Å²) < 4.78 is 0. The third kappa shape index (κ3) is 18.9. The highest BCUT2D eigenvalue weighted by Crippen LogP contribution is 2.03. The van der Waals surface area contributed by atoms with Crippen molar-refractivity contribution in [2.45, 2.75) is 72.1 Å². The molecule has 0 aliphatic rings. The summed E-state index contributed by atoms with van der Waals surface area (Å²) in [6.45, 7) is 9.03. The van der Waals surface area contributed by atoms with Crippen molar-refractivity contribution in [1.29, 1.82) is 0 Å². The standard InChI is InChI=1S/C22H39N/c1-4-6-8-10-11-12-13-14-15-16-18-22(3)19-21-23-20-17-9-7-5-2/h6,8,12-16,18,22-23H,4-5,7,9-11,17,19-21H2,1-3H3/b8-6-,13-12+,15-14-,18-16+. The maximum absolute atomic E-state index is 3.55. The molecule has 0 saturated carbocycles. The van der Waals surface area contributed by atoms with Gasteiger partial charge in [-0.3, -0.25) is 0 Å². The average molecular weight is 318 g/mol. The summed E-state index contributed by atoms with van der Waals surface area (Å²) in [6.07, 6.45) is 27.6. The molecule has 0 heterocycles. The van der Waals surface area contributed by atoms with Gasteiger partial charge in [0.25, 0.3) is 0 Å². The molecule has 1 nitrogen and oxygen atoms in total. The third-order valence-corrected chi connectivity index (χ3v) is 3.79. The number of hydrogen-bond donors (Lipinski definition) is 1. The summed E-state index contributed by atoms with van der Waals surface area (Å²) in [5.74, 6) is 0.644. The van der Waals surface area contributed by atoms with E-state index in [2.05, 4.69) is 74.7 Å². The van der Waals surface area contributed by atoms with Crippen LogP contribution < -0.4 is 5.32 Å². The highest BCUT2D eigenvalue weighted by molar-refractivity contribution is 5.11. The lowest BCUT2D eigenvalue weighted by Crippen LogP contribution is -2.18. The van der Waals surface area contributed by atoms with Crippen LogP contribution in [0.15, 0.2) is 48.6 Å². The summed E-state index contributed by atoms with van der Waals surface area (Å²) in [5.41, 5.74) is 0. The minimum Gasteiger partial charge on any atom is -0.317 e. The predicted molar refractivity (Wildman–Crippen MR) is 107 cm³/mol. The van der Waals surface area contributed by atoms with E-state index in [1.807, 2.05) is 0 Å². The topological polar surface area (TPSA) is 12.0 Å². The van der Waals surface area contributed by atoms with Crippen molar-refractivity contribution in [3.05, 3.63) is 48.6 Å². The average Bonchev–Trinajstić information content (AvgIpc) is 2.55. The van der Waals surface area contributed by atoms with Crippen molar-refractivity contribution in [2.75, 3.05) is 13.1 Å². The Hall–Kier alpha value is -1.08. The highest BCUT2D eigenvalue weighted by Gasteiger charge is 1.95. The van der Waals surface area contributed by atoms with E-state index >= 15 is 0 Å². The highest BCUT2D eigenvalue weighted by atomic mass is 14.8. The Morgan fingerprint density at radius 1 is 0.783 bits per heavy atom. The number of unbranched alkanes of at least 4 members (excludes halogenated alkanes) is 4. The zero-order valence-corrected chi connectivity index (χ0v) is 15.8. The lowest BCUT2D eigenvalue weighted by atomic mass is 10.1. The molecule has 0 aliphatic carbocycles. The molecule has 0 fully saturated rings. The first-order valence-electron chi connectivity index (χ1n) is 9.66. The molecular weight excluding hydrogens is 278 g/mol. The first-order chi connectivity index (χ1) is 11.3. The van der Waals surface area contributed by atoms with E-state index in [1.165, 1.54) is 38.6 Å². The Morgan fingerprint density at radius 3 is 2.35 bits per heavy atom. The molecule has 1 unspecified atom stereocenters. The van der Waals surface area contributed by atoms with Gasteiger partial charge in [-0.25, -0.2) is 0 Å². The number of hydrogen-bond acceptors (Lipinski definition) is 1. The molecule has 23 heavy (non-hydrogen) atoms. The monoisotopic (exact) mass is 317 g/mol. The van der Waals surface area contributed by atoms with E-state index in [4.69, 9.17) is 0 Å². The van der Waals surface area contributed by atoms with Crippen LogP contribution in [0.3, 0.4) is 0 Å². The Labute approximate surface area is 145 Å². The van der Waals surface area contributed by atoms with E-state index < -0.39 is 0 Å². The van der Waals surface area contributed by atoms with E-state index in [1.54, 1.807) is 0 Å². The van der Waals surface area contributed by atoms with Gasteiger partial charge in [0.05, 0.1) is 0 Å². The van der Waals surface area contributed by atoms with Crippen molar-refractivity contribution in [2.24, 2.45) is 5.92 Å². The second-order valence-corrected chi connectivity index (χ2v) is 6.23. The van der Waals surface area contributed by atoms with Crippen LogP contribution in [0.2, 0.25) is 0 Å². The van der Waals surface area contributed by atoms with Gasteiger partial charge in [-0.2, -0.15) is 0 Å². The van der Waals surface area contributed by atoms with Crippen molar-refractivity contribution in [1.82, 2.24) is 5.32 Å². The smallest absolute Gasteiger partial charge is 0.00434 e. The van der Waals surface area contributed by atoms with Crippen LogP contribution in [0.5, 0.6) is 0 Å². The molecule has 0 aromatic carbocycles. The van der Waals surface area contributed by atoms with E-state index in [9.17, 15) is 0 Å². The van der Waals surface area contributed by atoms with Gasteiger partial charge < -0.3 is 5.32 Å². The predicted octanol–water partition coefficient (Wildman–Crippen LogP) is 6.60. The fraction of sp³-hybridized carbons (Fsp3) is 0.636. The molecule has 0 radical (unpaired) electrons. The Morgan fingerprint density at radius 2 is 1.57 bits per heavy atom. The molecule has 1 heteroatoms. The first-order valence-corrected chi connectivity index (χ1v) is 9.66. The summed E-state index contributed by atoms with van der Waals surface area (Å²) in [6, 6.07) is 0. The molecule has 1 atom stereocenters. The molecule has 0 aromatic rings. The van der Waals surface area contributed by atoms with Gasteiger partial charge in [0, 0.05) is 0 Å². The third-order valence-electron chi connectivity index (χ3n) is 3.79. The maximum Gasteiger partial charge on any atom is -0.00434 e. The largest absolute Gasteiger partial charge is 0.317 e. The number of rotatable bonds is 15.